The summed E-state index contributed by atoms with van der Waals surface area (Å²) in [6, 6.07) is 22.7. The Hall–Kier alpha value is -2.65. The second-order valence-corrected chi connectivity index (χ2v) is 5.70. The first-order chi connectivity index (χ1) is 11.9. The van der Waals surface area contributed by atoms with E-state index >= 15 is 0 Å². The summed E-state index contributed by atoms with van der Waals surface area (Å²) in [6.45, 7) is 2.31. The van der Waals surface area contributed by atoms with Crippen LogP contribution in [0.25, 0.3) is 0 Å². The van der Waals surface area contributed by atoms with Crippen LogP contribution in [-0.4, -0.2) is 11.6 Å². The number of hydrogen-bond donors (Lipinski definition) is 1. The first-order valence-corrected chi connectivity index (χ1v) is 8.25. The van der Waals surface area contributed by atoms with Crippen molar-refractivity contribution in [2.24, 2.45) is 0 Å². The number of pyridine rings is 1. The molecule has 0 saturated carbocycles. The fourth-order valence-corrected chi connectivity index (χ4v) is 2.53. The van der Waals surface area contributed by atoms with Gasteiger partial charge in [0, 0.05) is 31.9 Å². The van der Waals surface area contributed by atoms with Crippen molar-refractivity contribution in [2.45, 2.75) is 19.5 Å². The van der Waals surface area contributed by atoms with Crippen LogP contribution in [0.4, 0.5) is 0 Å². The third-order valence-corrected chi connectivity index (χ3v) is 3.78. The van der Waals surface area contributed by atoms with E-state index in [9.17, 15) is 0 Å². The fourth-order valence-electron chi connectivity index (χ4n) is 2.53. The topological polar surface area (TPSA) is 34.1 Å². The Balaban J connectivity index is 1.45. The summed E-state index contributed by atoms with van der Waals surface area (Å²) < 4.78 is 5.88. The fraction of sp³-hybridized carbons (Fsp3) is 0.190. The summed E-state index contributed by atoms with van der Waals surface area (Å²) in [4.78, 5) is 4.12. The molecule has 3 rings (SSSR count). The Morgan fingerprint density at radius 3 is 2.42 bits per heavy atom. The van der Waals surface area contributed by atoms with Gasteiger partial charge in [0.05, 0.1) is 6.61 Å². The standard InChI is InChI=1S/C21H22N2O/c1-2-6-18(7-3-1)11-13-24-21-10-4-8-19(14-21)15-23-17-20-9-5-12-22-16-20/h1-10,12,14,16,23H,11,13,15,17H2. The summed E-state index contributed by atoms with van der Waals surface area (Å²) in [6.07, 6.45) is 4.60. The van der Waals surface area contributed by atoms with Gasteiger partial charge >= 0.3 is 0 Å². The van der Waals surface area contributed by atoms with E-state index in [1.165, 1.54) is 16.7 Å². The lowest BCUT2D eigenvalue weighted by Crippen LogP contribution is -2.12. The SMILES string of the molecule is c1ccc(CCOc2cccc(CNCc3cccnc3)c2)cc1. The van der Waals surface area contributed by atoms with Crippen LogP contribution in [-0.2, 0) is 19.5 Å². The van der Waals surface area contributed by atoms with Crippen LogP contribution >= 0.6 is 0 Å². The molecule has 0 bridgehead atoms. The van der Waals surface area contributed by atoms with Gasteiger partial charge in [-0.25, -0.2) is 0 Å². The Bertz CT molecular complexity index is 668. The van der Waals surface area contributed by atoms with E-state index in [4.69, 9.17) is 4.74 Å². The minimum Gasteiger partial charge on any atom is -0.493 e. The first-order valence-electron chi connectivity index (χ1n) is 8.25. The van der Waals surface area contributed by atoms with Crippen LogP contribution in [0.1, 0.15) is 16.7 Å². The third kappa shape index (κ3) is 5.21. The van der Waals surface area contributed by atoms with Gasteiger partial charge in [-0.3, -0.25) is 4.98 Å². The van der Waals surface area contributed by atoms with Crippen molar-refractivity contribution in [1.29, 1.82) is 0 Å². The lowest BCUT2D eigenvalue weighted by Gasteiger charge is -2.09. The minimum atomic E-state index is 0.691. The molecule has 1 aromatic heterocycles. The molecular formula is C21H22N2O. The van der Waals surface area contributed by atoms with E-state index in [0.717, 1.165) is 25.3 Å². The van der Waals surface area contributed by atoms with E-state index in [2.05, 4.69) is 52.8 Å². The minimum absolute atomic E-state index is 0.691. The van der Waals surface area contributed by atoms with Gasteiger partial charge in [-0.1, -0.05) is 48.5 Å². The molecule has 3 heteroatoms. The summed E-state index contributed by atoms with van der Waals surface area (Å²) >= 11 is 0. The van der Waals surface area contributed by atoms with Crippen LogP contribution in [0.15, 0.2) is 79.1 Å². The van der Waals surface area contributed by atoms with Gasteiger partial charge in [-0.05, 0) is 34.9 Å². The van der Waals surface area contributed by atoms with Gasteiger partial charge in [-0.2, -0.15) is 0 Å². The first kappa shape index (κ1) is 16.2. The van der Waals surface area contributed by atoms with Gasteiger partial charge in [0.1, 0.15) is 5.75 Å². The lowest BCUT2D eigenvalue weighted by molar-refractivity contribution is 0.321. The molecule has 0 radical (unpaired) electrons. The van der Waals surface area contributed by atoms with Gasteiger partial charge in [-0.15, -0.1) is 0 Å². The molecule has 0 atom stereocenters. The highest BCUT2D eigenvalue weighted by Gasteiger charge is 1.99. The molecule has 0 fully saturated rings. The Morgan fingerprint density at radius 1 is 0.792 bits per heavy atom. The predicted octanol–water partition coefficient (Wildman–Crippen LogP) is 3.99. The summed E-state index contributed by atoms with van der Waals surface area (Å²) in [5.41, 5.74) is 3.70. The zero-order valence-corrected chi connectivity index (χ0v) is 13.7. The second-order valence-electron chi connectivity index (χ2n) is 5.70. The van der Waals surface area contributed by atoms with Crippen molar-refractivity contribution < 1.29 is 4.74 Å². The van der Waals surface area contributed by atoms with Gasteiger partial charge in [0.25, 0.3) is 0 Å². The van der Waals surface area contributed by atoms with Crippen molar-refractivity contribution in [3.63, 3.8) is 0 Å². The average molecular weight is 318 g/mol. The van der Waals surface area contributed by atoms with Gasteiger partial charge in [0.15, 0.2) is 0 Å². The number of nitrogens with one attached hydrogen (secondary N) is 1. The Kier molecular flexibility index (Phi) is 5.98. The smallest absolute Gasteiger partial charge is 0.119 e. The van der Waals surface area contributed by atoms with Crippen molar-refractivity contribution in [2.75, 3.05) is 6.61 Å². The predicted molar refractivity (Wildman–Crippen MR) is 96.9 cm³/mol. The van der Waals surface area contributed by atoms with Crippen LogP contribution in [0, 0.1) is 0 Å². The number of ether oxygens (including phenoxy) is 1. The van der Waals surface area contributed by atoms with Crippen LogP contribution in [0.2, 0.25) is 0 Å². The number of hydrogen-bond acceptors (Lipinski definition) is 3. The van der Waals surface area contributed by atoms with Crippen molar-refractivity contribution >= 4 is 0 Å². The van der Waals surface area contributed by atoms with Gasteiger partial charge < -0.3 is 10.1 Å². The molecule has 24 heavy (non-hydrogen) atoms. The summed E-state index contributed by atoms with van der Waals surface area (Å²) in [5, 5.41) is 3.43. The number of nitrogens with zero attached hydrogens (tertiary/aromatic N) is 1. The number of aromatic nitrogens is 1. The molecule has 0 aliphatic carbocycles. The molecular weight excluding hydrogens is 296 g/mol. The monoisotopic (exact) mass is 318 g/mol. The van der Waals surface area contributed by atoms with Crippen LogP contribution in [0.5, 0.6) is 5.75 Å². The van der Waals surface area contributed by atoms with E-state index < -0.39 is 0 Å². The third-order valence-electron chi connectivity index (χ3n) is 3.78. The maximum Gasteiger partial charge on any atom is 0.119 e. The normalized spacial score (nSPS) is 10.5. The van der Waals surface area contributed by atoms with Crippen molar-refractivity contribution in [3.05, 3.63) is 95.8 Å². The molecule has 0 saturated heterocycles. The molecule has 1 N–H and O–H groups in total. The second kappa shape index (κ2) is 8.85. The van der Waals surface area contributed by atoms with E-state index in [-0.39, 0.29) is 0 Å². The highest BCUT2D eigenvalue weighted by atomic mass is 16.5. The largest absolute Gasteiger partial charge is 0.493 e. The lowest BCUT2D eigenvalue weighted by atomic mass is 10.2. The molecule has 0 spiro atoms. The molecule has 3 nitrogen and oxygen atoms in total. The Morgan fingerprint density at radius 2 is 1.58 bits per heavy atom. The molecule has 0 amide bonds. The molecule has 122 valence electrons. The van der Waals surface area contributed by atoms with Crippen LogP contribution in [0.3, 0.4) is 0 Å². The highest BCUT2D eigenvalue weighted by molar-refractivity contribution is 5.28. The molecule has 1 heterocycles. The van der Waals surface area contributed by atoms with E-state index in [1.807, 2.05) is 30.5 Å². The maximum atomic E-state index is 5.88. The van der Waals surface area contributed by atoms with Crippen molar-refractivity contribution in [3.8, 4) is 5.75 Å². The van der Waals surface area contributed by atoms with Crippen LogP contribution < -0.4 is 10.1 Å². The molecule has 0 aliphatic heterocycles. The van der Waals surface area contributed by atoms with E-state index in [0.29, 0.717) is 6.61 Å². The quantitative estimate of drug-likeness (QED) is 0.682. The zero-order chi connectivity index (χ0) is 16.5. The molecule has 0 aliphatic rings. The summed E-state index contributed by atoms with van der Waals surface area (Å²) in [7, 11) is 0. The summed E-state index contributed by atoms with van der Waals surface area (Å²) in [5.74, 6) is 0.923. The van der Waals surface area contributed by atoms with Crippen molar-refractivity contribution in [1.82, 2.24) is 10.3 Å². The van der Waals surface area contributed by atoms with E-state index in [1.54, 1.807) is 6.20 Å². The van der Waals surface area contributed by atoms with Gasteiger partial charge in [0.2, 0.25) is 0 Å². The zero-order valence-electron chi connectivity index (χ0n) is 13.7. The molecule has 0 unspecified atom stereocenters. The average Bonchev–Trinajstić information content (AvgIpc) is 2.64. The number of rotatable bonds is 8. The highest BCUT2D eigenvalue weighted by Crippen LogP contribution is 2.14. The maximum absolute atomic E-state index is 5.88. The molecule has 2 aromatic carbocycles. The Labute approximate surface area is 143 Å². The number of benzene rings is 2. The molecule has 3 aromatic rings.